The van der Waals surface area contributed by atoms with Gasteiger partial charge in [0.15, 0.2) is 29.4 Å². The fraction of sp³-hybridized carbons (Fsp3) is 0.188. The average Bonchev–Trinajstić information content (AvgIpc) is 2.59. The lowest BCUT2D eigenvalue weighted by Gasteiger charge is -2.13. The monoisotopic (exact) mass is 343 g/mol. The van der Waals surface area contributed by atoms with Crippen LogP contribution in [0.15, 0.2) is 30.3 Å². The highest BCUT2D eigenvalue weighted by Gasteiger charge is 2.22. The van der Waals surface area contributed by atoms with Crippen LogP contribution in [-0.2, 0) is 11.3 Å². The van der Waals surface area contributed by atoms with E-state index < -0.39 is 47.4 Å². The van der Waals surface area contributed by atoms with Crippen molar-refractivity contribution in [2.75, 3.05) is 7.11 Å². The van der Waals surface area contributed by atoms with Crippen molar-refractivity contribution in [1.29, 1.82) is 0 Å². The summed E-state index contributed by atoms with van der Waals surface area (Å²) in [5, 5.41) is 12.0. The quantitative estimate of drug-likeness (QED) is 0.648. The summed E-state index contributed by atoms with van der Waals surface area (Å²) in [4.78, 5) is 11.9. The Morgan fingerprint density at radius 1 is 1.17 bits per heavy atom. The molecule has 0 aromatic heterocycles. The van der Waals surface area contributed by atoms with E-state index in [-0.39, 0.29) is 11.6 Å². The maximum atomic E-state index is 13.5. The van der Waals surface area contributed by atoms with Crippen LogP contribution in [0, 0.1) is 23.3 Å². The normalized spacial score (nSPS) is 11.9. The molecule has 24 heavy (non-hydrogen) atoms. The molecule has 0 fully saturated rings. The lowest BCUT2D eigenvalue weighted by molar-refractivity contribution is -0.129. The standard InChI is InChI=1S/C16H13F4NO3/c1-24-9-4-2-3-8(5-9)15(22)16(23)21-7-10-13(19)11(17)6-12(18)14(10)20/h2-6,15,22H,7H2,1H3,(H,21,23)/t15-/m1/s1. The van der Waals surface area contributed by atoms with Gasteiger partial charge in [-0.1, -0.05) is 12.1 Å². The molecule has 128 valence electrons. The van der Waals surface area contributed by atoms with Gasteiger partial charge < -0.3 is 15.2 Å². The number of benzene rings is 2. The van der Waals surface area contributed by atoms with Crippen LogP contribution in [-0.4, -0.2) is 18.1 Å². The van der Waals surface area contributed by atoms with E-state index >= 15 is 0 Å². The van der Waals surface area contributed by atoms with Crippen molar-refractivity contribution >= 4 is 5.91 Å². The summed E-state index contributed by atoms with van der Waals surface area (Å²) in [6.45, 7) is -0.827. The zero-order chi connectivity index (χ0) is 17.9. The Hall–Kier alpha value is -2.61. The Kier molecular flexibility index (Phi) is 5.40. The van der Waals surface area contributed by atoms with Crippen molar-refractivity contribution in [3.8, 4) is 5.75 Å². The van der Waals surface area contributed by atoms with E-state index in [0.717, 1.165) is 0 Å². The fourth-order valence-electron chi connectivity index (χ4n) is 2.01. The summed E-state index contributed by atoms with van der Waals surface area (Å²) in [6.07, 6.45) is -1.65. The molecular formula is C16H13F4NO3. The molecular weight excluding hydrogens is 330 g/mol. The van der Waals surface area contributed by atoms with Gasteiger partial charge in [-0.25, -0.2) is 17.6 Å². The van der Waals surface area contributed by atoms with Crippen molar-refractivity contribution in [2.45, 2.75) is 12.6 Å². The second kappa shape index (κ2) is 7.31. The van der Waals surface area contributed by atoms with Crippen LogP contribution in [0.5, 0.6) is 5.75 Å². The number of halogens is 4. The first-order valence-electron chi connectivity index (χ1n) is 6.76. The number of amides is 1. The van der Waals surface area contributed by atoms with E-state index in [1.54, 1.807) is 6.07 Å². The third-order valence-corrected chi connectivity index (χ3v) is 3.30. The summed E-state index contributed by atoms with van der Waals surface area (Å²) in [7, 11) is 1.40. The molecule has 2 aromatic carbocycles. The van der Waals surface area contributed by atoms with Gasteiger partial charge in [-0.2, -0.15) is 0 Å². The van der Waals surface area contributed by atoms with Gasteiger partial charge in [-0.3, -0.25) is 4.79 Å². The van der Waals surface area contributed by atoms with E-state index in [0.29, 0.717) is 5.75 Å². The molecule has 0 spiro atoms. The van der Waals surface area contributed by atoms with E-state index in [1.165, 1.54) is 25.3 Å². The molecule has 8 heteroatoms. The first kappa shape index (κ1) is 17.7. The van der Waals surface area contributed by atoms with Gasteiger partial charge in [0.05, 0.1) is 7.11 Å². The van der Waals surface area contributed by atoms with E-state index in [2.05, 4.69) is 0 Å². The predicted octanol–water partition coefficient (Wildman–Crippen LogP) is 2.60. The number of hydrogen-bond donors (Lipinski definition) is 2. The molecule has 1 amide bonds. The first-order chi connectivity index (χ1) is 11.3. The SMILES string of the molecule is COc1cccc([C@@H](O)C(=O)NCc2c(F)c(F)cc(F)c2F)c1. The molecule has 0 aliphatic rings. The highest BCUT2D eigenvalue weighted by atomic mass is 19.2. The lowest BCUT2D eigenvalue weighted by Crippen LogP contribution is -2.29. The highest BCUT2D eigenvalue weighted by Crippen LogP contribution is 2.21. The number of aliphatic hydroxyl groups excluding tert-OH is 1. The van der Waals surface area contributed by atoms with Crippen molar-refractivity contribution in [3.05, 3.63) is 64.7 Å². The smallest absolute Gasteiger partial charge is 0.253 e. The zero-order valence-electron chi connectivity index (χ0n) is 12.4. The van der Waals surface area contributed by atoms with Crippen LogP contribution in [0.3, 0.4) is 0 Å². The molecule has 0 unspecified atom stereocenters. The number of methoxy groups -OCH3 is 1. The van der Waals surface area contributed by atoms with Gasteiger partial charge >= 0.3 is 0 Å². The molecule has 2 rings (SSSR count). The zero-order valence-corrected chi connectivity index (χ0v) is 12.4. The third-order valence-electron chi connectivity index (χ3n) is 3.30. The molecule has 4 nitrogen and oxygen atoms in total. The summed E-state index contributed by atoms with van der Waals surface area (Å²) < 4.78 is 58.1. The van der Waals surface area contributed by atoms with Gasteiger partial charge in [0.2, 0.25) is 0 Å². The largest absolute Gasteiger partial charge is 0.497 e. The van der Waals surface area contributed by atoms with Crippen molar-refractivity contribution in [3.63, 3.8) is 0 Å². The van der Waals surface area contributed by atoms with Crippen LogP contribution in [0.1, 0.15) is 17.2 Å². The third kappa shape index (κ3) is 3.65. The Labute approximate surface area is 134 Å². The lowest BCUT2D eigenvalue weighted by atomic mass is 10.1. The van der Waals surface area contributed by atoms with Crippen LogP contribution < -0.4 is 10.1 Å². The number of ether oxygens (including phenoxy) is 1. The molecule has 0 aliphatic carbocycles. The minimum atomic E-state index is -1.65. The van der Waals surface area contributed by atoms with Gasteiger partial charge in [0, 0.05) is 18.2 Å². The van der Waals surface area contributed by atoms with Gasteiger partial charge in [0.25, 0.3) is 5.91 Å². The Morgan fingerprint density at radius 2 is 1.79 bits per heavy atom. The van der Waals surface area contributed by atoms with Crippen LogP contribution in [0.4, 0.5) is 17.6 Å². The molecule has 1 atom stereocenters. The minimum absolute atomic E-state index is 0.0705. The molecule has 2 aromatic rings. The number of carbonyl (C=O) groups excluding carboxylic acids is 1. The van der Waals surface area contributed by atoms with E-state index in [4.69, 9.17) is 4.74 Å². The first-order valence-corrected chi connectivity index (χ1v) is 6.76. The van der Waals surface area contributed by atoms with Gasteiger partial charge in [0.1, 0.15) is 5.75 Å². The molecule has 0 heterocycles. The molecule has 0 radical (unpaired) electrons. The number of nitrogens with one attached hydrogen (secondary N) is 1. The molecule has 0 saturated carbocycles. The van der Waals surface area contributed by atoms with Crippen molar-refractivity contribution < 1.29 is 32.2 Å². The number of rotatable bonds is 5. The fourth-order valence-corrected chi connectivity index (χ4v) is 2.01. The topological polar surface area (TPSA) is 58.6 Å². The molecule has 0 saturated heterocycles. The summed E-state index contributed by atoms with van der Waals surface area (Å²) >= 11 is 0. The second-order valence-corrected chi connectivity index (χ2v) is 4.84. The predicted molar refractivity (Wildman–Crippen MR) is 76.1 cm³/mol. The van der Waals surface area contributed by atoms with Crippen molar-refractivity contribution in [1.82, 2.24) is 5.32 Å². The Morgan fingerprint density at radius 3 is 2.38 bits per heavy atom. The van der Waals surface area contributed by atoms with Crippen LogP contribution in [0.25, 0.3) is 0 Å². The molecule has 2 N–H and O–H groups in total. The van der Waals surface area contributed by atoms with Crippen LogP contribution in [0.2, 0.25) is 0 Å². The van der Waals surface area contributed by atoms with Crippen molar-refractivity contribution in [2.24, 2.45) is 0 Å². The van der Waals surface area contributed by atoms with Gasteiger partial charge in [-0.05, 0) is 17.7 Å². The average molecular weight is 343 g/mol. The Balaban J connectivity index is 2.13. The maximum Gasteiger partial charge on any atom is 0.253 e. The summed E-state index contributed by atoms with van der Waals surface area (Å²) in [6, 6.07) is 6.03. The highest BCUT2D eigenvalue weighted by molar-refractivity contribution is 5.82. The Bertz CT molecular complexity index is 741. The number of aliphatic hydroxyl groups is 1. The summed E-state index contributed by atoms with van der Waals surface area (Å²) in [5.41, 5.74) is -0.795. The number of hydrogen-bond acceptors (Lipinski definition) is 3. The molecule has 0 bridgehead atoms. The van der Waals surface area contributed by atoms with Crippen LogP contribution >= 0.6 is 0 Å². The van der Waals surface area contributed by atoms with Gasteiger partial charge in [-0.15, -0.1) is 0 Å². The number of carbonyl (C=O) groups is 1. The molecule has 0 aliphatic heterocycles. The minimum Gasteiger partial charge on any atom is -0.497 e. The second-order valence-electron chi connectivity index (χ2n) is 4.84. The summed E-state index contributed by atoms with van der Waals surface area (Å²) in [5.74, 6) is -6.97. The van der Waals surface area contributed by atoms with E-state index in [9.17, 15) is 27.5 Å². The maximum absolute atomic E-state index is 13.5. The van der Waals surface area contributed by atoms with E-state index in [1.807, 2.05) is 5.32 Å².